The Morgan fingerprint density at radius 1 is 0.536 bits per heavy atom. The third kappa shape index (κ3) is 7.99. The molecular formula is C42H42N2O12. The molecule has 7 rings (SSSR count). The van der Waals surface area contributed by atoms with Crippen molar-refractivity contribution in [1.29, 1.82) is 0 Å². The Hall–Kier alpha value is -6.44. The topological polar surface area (TPSA) is 171 Å². The minimum Gasteiger partial charge on any atom is -0.481 e. The van der Waals surface area contributed by atoms with Crippen molar-refractivity contribution < 1.29 is 57.8 Å². The number of aliphatic carboxylic acids is 2. The van der Waals surface area contributed by atoms with Crippen LogP contribution < -0.4 is 28.4 Å². The normalized spacial score (nSPS) is 18.8. The Bertz CT molecular complexity index is 1930. The maximum atomic E-state index is 14.1. The van der Waals surface area contributed by atoms with Crippen molar-refractivity contribution in [3.05, 3.63) is 96.1 Å². The lowest BCUT2D eigenvalue weighted by molar-refractivity contribution is -0.187. The molecular weight excluding hydrogens is 724 g/mol. The van der Waals surface area contributed by atoms with E-state index in [2.05, 4.69) is 0 Å². The van der Waals surface area contributed by atoms with E-state index >= 15 is 0 Å². The maximum absolute atomic E-state index is 14.1. The standard InChI is InChI=1S/C42H42N2O12/c1-3-17-43(21-25-5-9-27(10-6-25)55-29-13-15-31-33(19-29)53-23-51-31)39(45)35-37(41(47)48)36(38(35)42(49)50)40(46)44(18-4-2)22-26-7-11-28(12-8-26)56-30-14-16-32-34(20-30)54-24-52-32/h5-16,19-20,35-38H,3-4,17-18,21-24H2,1-2H3,(H,47,48)(H,49,50). The molecule has 0 bridgehead atoms. The lowest BCUT2D eigenvalue weighted by atomic mass is 9.55. The highest BCUT2D eigenvalue weighted by atomic mass is 16.7. The number of hydrogen-bond donors (Lipinski definition) is 2. The molecule has 1 aliphatic carbocycles. The van der Waals surface area contributed by atoms with E-state index in [4.69, 9.17) is 28.4 Å². The summed E-state index contributed by atoms with van der Waals surface area (Å²) in [6.07, 6.45) is 1.10. The van der Waals surface area contributed by atoms with Crippen molar-refractivity contribution in [3.63, 3.8) is 0 Å². The Balaban J connectivity index is 1.03. The van der Waals surface area contributed by atoms with Crippen LogP contribution in [0.5, 0.6) is 46.0 Å². The predicted octanol–water partition coefficient (Wildman–Crippen LogP) is 6.55. The average molecular weight is 767 g/mol. The first-order chi connectivity index (χ1) is 27.1. The Morgan fingerprint density at radius 3 is 1.25 bits per heavy atom. The molecule has 0 unspecified atom stereocenters. The van der Waals surface area contributed by atoms with Gasteiger partial charge in [-0.1, -0.05) is 38.1 Å². The van der Waals surface area contributed by atoms with E-state index in [0.717, 1.165) is 11.1 Å². The molecule has 1 saturated carbocycles. The van der Waals surface area contributed by atoms with Gasteiger partial charge < -0.3 is 48.4 Å². The third-order valence-corrected chi connectivity index (χ3v) is 10.1. The van der Waals surface area contributed by atoms with Crippen molar-refractivity contribution in [2.24, 2.45) is 23.7 Å². The van der Waals surface area contributed by atoms with Crippen molar-refractivity contribution in [2.45, 2.75) is 39.8 Å². The minimum absolute atomic E-state index is 0.112. The van der Waals surface area contributed by atoms with E-state index in [1.807, 2.05) is 13.8 Å². The summed E-state index contributed by atoms with van der Waals surface area (Å²) in [5.74, 6) is -5.23. The Labute approximate surface area is 323 Å². The van der Waals surface area contributed by atoms with Crippen LogP contribution in [0.4, 0.5) is 0 Å². The van der Waals surface area contributed by atoms with Crippen molar-refractivity contribution >= 4 is 23.8 Å². The van der Waals surface area contributed by atoms with Crippen LogP contribution in [-0.4, -0.2) is 70.4 Å². The first-order valence-corrected chi connectivity index (χ1v) is 18.5. The van der Waals surface area contributed by atoms with Crippen LogP contribution in [0.1, 0.15) is 37.8 Å². The van der Waals surface area contributed by atoms with E-state index in [1.54, 1.807) is 84.9 Å². The second-order valence-corrected chi connectivity index (χ2v) is 13.8. The number of amides is 2. The summed E-state index contributed by atoms with van der Waals surface area (Å²) < 4.78 is 33.4. The van der Waals surface area contributed by atoms with Gasteiger partial charge in [-0.15, -0.1) is 0 Å². The fourth-order valence-corrected chi connectivity index (χ4v) is 7.39. The molecule has 14 heteroatoms. The van der Waals surface area contributed by atoms with Crippen LogP contribution in [0, 0.1) is 23.7 Å². The molecule has 3 aliphatic rings. The zero-order valence-corrected chi connectivity index (χ0v) is 30.9. The molecule has 0 atom stereocenters. The van der Waals surface area contributed by atoms with E-state index < -0.39 is 47.4 Å². The third-order valence-electron chi connectivity index (χ3n) is 10.1. The number of fused-ring (bicyclic) bond motifs is 2. The molecule has 2 amide bonds. The molecule has 1 fully saturated rings. The number of rotatable bonds is 16. The van der Waals surface area contributed by atoms with E-state index in [0.29, 0.717) is 58.8 Å². The highest BCUT2D eigenvalue weighted by molar-refractivity contribution is 5.99. The summed E-state index contributed by atoms with van der Waals surface area (Å²) in [7, 11) is 0. The van der Waals surface area contributed by atoms with Crippen LogP contribution in [0.2, 0.25) is 0 Å². The smallest absolute Gasteiger partial charge is 0.308 e. The van der Waals surface area contributed by atoms with Gasteiger partial charge in [0.25, 0.3) is 0 Å². The van der Waals surface area contributed by atoms with E-state index in [1.165, 1.54) is 9.80 Å². The molecule has 0 radical (unpaired) electrons. The first-order valence-electron chi connectivity index (χ1n) is 18.5. The van der Waals surface area contributed by atoms with Gasteiger partial charge in [0.1, 0.15) is 23.0 Å². The molecule has 2 N–H and O–H groups in total. The number of carboxylic acid groups (broad SMARTS) is 2. The summed E-state index contributed by atoms with van der Waals surface area (Å²) in [5.41, 5.74) is 1.47. The molecule has 292 valence electrons. The molecule has 0 aromatic heterocycles. The number of carbonyl (C=O) groups is 4. The summed E-state index contributed by atoms with van der Waals surface area (Å²) in [6, 6.07) is 24.6. The largest absolute Gasteiger partial charge is 0.481 e. The van der Waals surface area contributed by atoms with Gasteiger partial charge in [-0.25, -0.2) is 0 Å². The molecule has 4 aromatic rings. The lowest BCUT2D eigenvalue weighted by Gasteiger charge is -2.48. The van der Waals surface area contributed by atoms with Crippen molar-refractivity contribution in [1.82, 2.24) is 9.80 Å². The highest BCUT2D eigenvalue weighted by Gasteiger charge is 2.64. The lowest BCUT2D eigenvalue weighted by Crippen LogP contribution is -2.64. The fourth-order valence-electron chi connectivity index (χ4n) is 7.39. The van der Waals surface area contributed by atoms with Crippen LogP contribution in [0.3, 0.4) is 0 Å². The van der Waals surface area contributed by atoms with Crippen LogP contribution >= 0.6 is 0 Å². The molecule has 2 aliphatic heterocycles. The van der Waals surface area contributed by atoms with Gasteiger partial charge in [-0.3, -0.25) is 19.2 Å². The maximum Gasteiger partial charge on any atom is 0.308 e. The average Bonchev–Trinajstić information content (AvgIpc) is 3.84. The summed E-state index contributed by atoms with van der Waals surface area (Å²) in [6.45, 7) is 4.79. The Morgan fingerprint density at radius 2 is 0.893 bits per heavy atom. The van der Waals surface area contributed by atoms with Gasteiger partial charge in [0.05, 0.1) is 23.7 Å². The first kappa shape index (κ1) is 37.9. The van der Waals surface area contributed by atoms with Gasteiger partial charge in [0.2, 0.25) is 25.4 Å². The number of hydrogen-bond acceptors (Lipinski definition) is 10. The highest BCUT2D eigenvalue weighted by Crippen LogP contribution is 2.49. The van der Waals surface area contributed by atoms with Crippen LogP contribution in [0.25, 0.3) is 0 Å². The molecule has 14 nitrogen and oxygen atoms in total. The van der Waals surface area contributed by atoms with Gasteiger partial charge in [0.15, 0.2) is 23.0 Å². The minimum atomic E-state index is -1.51. The second-order valence-electron chi connectivity index (χ2n) is 13.8. The van der Waals surface area contributed by atoms with Crippen molar-refractivity contribution in [3.8, 4) is 46.0 Å². The predicted molar refractivity (Wildman–Crippen MR) is 199 cm³/mol. The zero-order valence-electron chi connectivity index (χ0n) is 30.9. The van der Waals surface area contributed by atoms with Gasteiger partial charge in [0, 0.05) is 38.3 Å². The number of benzene rings is 4. The number of carbonyl (C=O) groups excluding carboxylic acids is 2. The number of carboxylic acids is 2. The van der Waals surface area contributed by atoms with Gasteiger partial charge in [-0.05, 0) is 72.5 Å². The summed E-state index contributed by atoms with van der Waals surface area (Å²) in [5, 5.41) is 20.8. The van der Waals surface area contributed by atoms with Crippen LogP contribution in [0.15, 0.2) is 84.9 Å². The SMILES string of the molecule is CCCN(Cc1ccc(Oc2ccc3c(c2)OCO3)cc1)C(=O)C1C(C(=O)O)C(C(=O)N(CCC)Cc2ccc(Oc3ccc4c(c3)OCO4)cc2)C1C(=O)O. The monoisotopic (exact) mass is 766 g/mol. The second kappa shape index (κ2) is 16.5. The quantitative estimate of drug-likeness (QED) is 0.126. The summed E-state index contributed by atoms with van der Waals surface area (Å²) in [4.78, 5) is 56.7. The molecule has 4 aromatic carbocycles. The number of nitrogens with zero attached hydrogens (tertiary/aromatic N) is 2. The Kier molecular flexibility index (Phi) is 11.2. The molecule has 56 heavy (non-hydrogen) atoms. The van der Waals surface area contributed by atoms with Crippen molar-refractivity contribution in [2.75, 3.05) is 26.7 Å². The van der Waals surface area contributed by atoms with E-state index in [-0.39, 0.29) is 39.8 Å². The van der Waals surface area contributed by atoms with Gasteiger partial charge in [-0.2, -0.15) is 0 Å². The van der Waals surface area contributed by atoms with Gasteiger partial charge >= 0.3 is 11.9 Å². The number of ether oxygens (including phenoxy) is 6. The molecule has 0 saturated heterocycles. The van der Waals surface area contributed by atoms with Crippen LogP contribution in [-0.2, 0) is 32.3 Å². The molecule has 0 spiro atoms. The van der Waals surface area contributed by atoms with E-state index in [9.17, 15) is 29.4 Å². The fraction of sp³-hybridized carbons (Fsp3) is 0.333. The zero-order chi connectivity index (χ0) is 39.3. The molecule has 2 heterocycles. The summed E-state index contributed by atoms with van der Waals surface area (Å²) >= 11 is 0.